The number of nitrogens with two attached hydrogens (primary N) is 1. The molecule has 12 nitrogen and oxygen atoms in total. The van der Waals surface area contributed by atoms with Crippen LogP contribution in [0.25, 0.3) is 0 Å². The topological polar surface area (TPSA) is 171 Å². The largest absolute Gasteiger partial charge is 0.463 e. The minimum absolute atomic E-state index is 0.0199. The van der Waals surface area contributed by atoms with E-state index in [4.69, 9.17) is 15.2 Å². The first-order chi connectivity index (χ1) is 22.7. The molecule has 2 saturated heterocycles. The van der Waals surface area contributed by atoms with Crippen LogP contribution in [0.4, 0.5) is 0 Å². The Morgan fingerprint density at radius 2 is 1.94 bits per heavy atom. The Morgan fingerprint density at radius 3 is 2.62 bits per heavy atom. The molecule has 0 aromatic carbocycles. The van der Waals surface area contributed by atoms with Gasteiger partial charge in [-0.2, -0.15) is 0 Å². The number of hydrogen-bond acceptors (Lipinski definition) is 10. The molecule has 47 heavy (non-hydrogen) atoms. The van der Waals surface area contributed by atoms with Gasteiger partial charge in [-0.15, -0.1) is 0 Å². The number of carbonyl (C=O) groups is 3. The molecule has 0 aromatic rings. The van der Waals surface area contributed by atoms with E-state index in [-0.39, 0.29) is 42.7 Å². The van der Waals surface area contributed by atoms with Crippen LogP contribution >= 0.6 is 0 Å². The van der Waals surface area contributed by atoms with Crippen LogP contribution in [0, 0.1) is 23.7 Å². The summed E-state index contributed by atoms with van der Waals surface area (Å²) >= 11 is 0. The normalized spacial score (nSPS) is 32.3. The van der Waals surface area contributed by atoms with Crippen molar-refractivity contribution < 1.29 is 23.9 Å². The highest BCUT2D eigenvalue weighted by Crippen LogP contribution is 2.61. The van der Waals surface area contributed by atoms with Crippen molar-refractivity contribution >= 4 is 23.5 Å². The third kappa shape index (κ3) is 8.44. The van der Waals surface area contributed by atoms with Gasteiger partial charge in [0.2, 0.25) is 0 Å². The van der Waals surface area contributed by atoms with E-state index >= 15 is 0 Å². The molecule has 0 aromatic heterocycles. The molecule has 0 radical (unpaired) electrons. The number of hydrogen-bond donors (Lipinski definition) is 6. The van der Waals surface area contributed by atoms with E-state index < -0.39 is 29.0 Å². The first kappa shape index (κ1) is 37.4. The van der Waals surface area contributed by atoms with Crippen molar-refractivity contribution in [2.45, 2.75) is 115 Å². The third-order valence-electron chi connectivity index (χ3n) is 10.8. The van der Waals surface area contributed by atoms with Gasteiger partial charge in [0.25, 0.3) is 5.60 Å². The number of ether oxygens (including phenoxy) is 2. The summed E-state index contributed by atoms with van der Waals surface area (Å²) in [5, 5.41) is 16.9. The molecular weight excluding hydrogens is 598 g/mol. The van der Waals surface area contributed by atoms with E-state index in [0.717, 1.165) is 70.2 Å². The molecule has 0 bridgehead atoms. The lowest BCUT2D eigenvalue weighted by Crippen LogP contribution is -2.58. The van der Waals surface area contributed by atoms with E-state index in [1.54, 1.807) is 7.05 Å². The fraction of sp³-hybridized carbons (Fsp3) is 0.829. The Hall–Kier alpha value is -2.38. The molecule has 4 unspecified atom stereocenters. The summed E-state index contributed by atoms with van der Waals surface area (Å²) in [6.07, 6.45) is 10.9. The highest BCUT2D eigenvalue weighted by molar-refractivity contribution is 6.23. The fourth-order valence-corrected chi connectivity index (χ4v) is 8.03. The molecular formula is C35H61N7O5. The van der Waals surface area contributed by atoms with E-state index in [9.17, 15) is 14.4 Å². The second-order valence-electron chi connectivity index (χ2n) is 14.1. The Balaban J connectivity index is 1.53. The maximum absolute atomic E-state index is 14.2. The molecule has 0 amide bonds. The van der Waals surface area contributed by atoms with Crippen molar-refractivity contribution in [3.8, 4) is 0 Å². The van der Waals surface area contributed by atoms with Crippen LogP contribution in [0.3, 0.4) is 0 Å². The first-order valence-electron chi connectivity index (χ1n) is 18.1. The number of piperidine rings is 1. The lowest BCUT2D eigenvalue weighted by Gasteiger charge is -2.37. The number of carbonyl (C=O) groups excluding carboxylic acids is 3. The summed E-state index contributed by atoms with van der Waals surface area (Å²) in [7, 11) is 3.58. The Labute approximate surface area is 281 Å². The predicted octanol–water partition coefficient (Wildman–Crippen LogP) is 2.13. The molecule has 7 N–H and O–H groups in total. The van der Waals surface area contributed by atoms with Crippen molar-refractivity contribution in [2.24, 2.45) is 34.4 Å². The van der Waals surface area contributed by atoms with Gasteiger partial charge in [0.15, 0.2) is 23.1 Å². The number of unbranched alkanes of at least 4 members (excludes halogenated alkanes) is 1. The first-order valence-corrected chi connectivity index (χ1v) is 18.1. The average Bonchev–Trinajstić information content (AvgIpc) is 3.80. The number of rotatable bonds is 18. The highest BCUT2D eigenvalue weighted by Gasteiger charge is 2.86. The molecule has 4 fully saturated rings. The van der Waals surface area contributed by atoms with Crippen molar-refractivity contribution in [2.75, 3.05) is 47.0 Å². The number of fused-ring (bicyclic) bond motifs is 2. The minimum atomic E-state index is -1.84. The van der Waals surface area contributed by atoms with Crippen molar-refractivity contribution in [1.82, 2.24) is 26.6 Å². The number of esters is 1. The van der Waals surface area contributed by atoms with Crippen LogP contribution in [0.2, 0.25) is 0 Å². The maximum Gasteiger partial charge on any atom is 0.349 e. The predicted molar refractivity (Wildman–Crippen MR) is 184 cm³/mol. The SMILES string of the molecule is CCCC[C@H](CNCC)COC(=O)[C@]12O[C@@]1(CC=C(C)C[C@@H](NC(N)=NC)C1CCNC(NCNC)C1)C(=O)C1CCCCC1C2=O. The number of epoxide rings is 1. The van der Waals surface area contributed by atoms with Gasteiger partial charge >= 0.3 is 5.97 Å². The molecule has 2 aliphatic carbocycles. The van der Waals surface area contributed by atoms with Crippen molar-refractivity contribution in [3.05, 3.63) is 11.6 Å². The standard InChI is InChI=1S/C35H61N7O5/c1-6-8-11-24(20-39-7-2)21-46-32(45)35-31(44)27-13-10-9-12-26(27)30(43)34(35,47-35)16-14-23(3)18-28(42-33(36)38-5)25-15-17-40-29(19-25)41-22-37-4/h14,24-29,37,39-41H,6-13,15-22H2,1-5H3,(H3,36,38,42)/t24-,25?,26?,27?,28-,29?,34+,35+/m1/s1. The van der Waals surface area contributed by atoms with Crippen molar-refractivity contribution in [3.63, 3.8) is 0 Å². The van der Waals surface area contributed by atoms with Gasteiger partial charge < -0.3 is 36.5 Å². The second-order valence-corrected chi connectivity index (χ2v) is 14.1. The minimum Gasteiger partial charge on any atom is -0.463 e. The molecule has 2 saturated carbocycles. The highest BCUT2D eigenvalue weighted by atomic mass is 16.7. The van der Waals surface area contributed by atoms with E-state index in [2.05, 4.69) is 38.5 Å². The quantitative estimate of drug-likeness (QED) is 0.0242. The molecule has 12 heteroatoms. The summed E-state index contributed by atoms with van der Waals surface area (Å²) < 4.78 is 12.1. The lowest BCUT2D eigenvalue weighted by molar-refractivity contribution is -0.159. The summed E-state index contributed by atoms with van der Waals surface area (Å²) in [6, 6.07) is 0.0199. The van der Waals surface area contributed by atoms with Crippen LogP contribution in [0.5, 0.6) is 0 Å². The van der Waals surface area contributed by atoms with Crippen LogP contribution in [0.1, 0.15) is 91.4 Å². The maximum atomic E-state index is 14.2. The van der Waals surface area contributed by atoms with Crippen LogP contribution in [0.15, 0.2) is 16.6 Å². The molecule has 0 spiro atoms. The van der Waals surface area contributed by atoms with Gasteiger partial charge in [-0.3, -0.25) is 19.9 Å². The van der Waals surface area contributed by atoms with Crippen LogP contribution in [-0.4, -0.2) is 93.9 Å². The second kappa shape index (κ2) is 17.3. The number of ketones is 2. The number of nitrogens with one attached hydrogen (secondary N) is 5. The fourth-order valence-electron chi connectivity index (χ4n) is 8.03. The van der Waals surface area contributed by atoms with Gasteiger partial charge in [-0.25, -0.2) is 4.79 Å². The number of aliphatic imine (C=N–C) groups is 1. The molecule has 2 aliphatic heterocycles. The zero-order chi connectivity index (χ0) is 34.0. The average molecular weight is 660 g/mol. The van der Waals surface area contributed by atoms with Gasteiger partial charge in [0.05, 0.1) is 12.8 Å². The van der Waals surface area contributed by atoms with Gasteiger partial charge in [0.1, 0.15) is 0 Å². The number of nitrogens with zero attached hydrogens (tertiary/aromatic N) is 1. The monoisotopic (exact) mass is 659 g/mol. The summed E-state index contributed by atoms with van der Waals surface area (Å²) in [5.41, 5.74) is 3.86. The summed E-state index contributed by atoms with van der Waals surface area (Å²) in [4.78, 5) is 46.4. The van der Waals surface area contributed by atoms with Crippen LogP contribution < -0.4 is 32.3 Å². The Bertz CT molecular complexity index is 1140. The van der Waals surface area contributed by atoms with E-state index in [1.165, 1.54) is 0 Å². The van der Waals surface area contributed by atoms with Gasteiger partial charge in [-0.1, -0.05) is 51.2 Å². The number of guanidine groups is 1. The van der Waals surface area contributed by atoms with E-state index in [0.29, 0.717) is 37.8 Å². The van der Waals surface area contributed by atoms with Crippen LogP contribution in [-0.2, 0) is 23.9 Å². The molecule has 266 valence electrons. The Morgan fingerprint density at radius 1 is 1.19 bits per heavy atom. The zero-order valence-corrected chi connectivity index (χ0v) is 29.4. The number of Topliss-reactive ketones (excluding diaryl/α,β-unsaturated/α-hetero) is 2. The Kier molecular flexibility index (Phi) is 13.8. The van der Waals surface area contributed by atoms with Gasteiger partial charge in [0, 0.05) is 50.5 Å². The molecule has 8 atom stereocenters. The van der Waals surface area contributed by atoms with E-state index in [1.807, 2.05) is 27.0 Å². The summed E-state index contributed by atoms with van der Waals surface area (Å²) in [6.45, 7) is 9.56. The third-order valence-corrected chi connectivity index (χ3v) is 10.8. The van der Waals surface area contributed by atoms with Gasteiger partial charge in [-0.05, 0) is 71.5 Å². The molecule has 4 aliphatic rings. The zero-order valence-electron chi connectivity index (χ0n) is 29.4. The smallest absolute Gasteiger partial charge is 0.349 e. The summed E-state index contributed by atoms with van der Waals surface area (Å²) in [5.74, 6) is -1.08. The lowest BCUT2D eigenvalue weighted by atomic mass is 9.61. The molecule has 4 rings (SSSR count). The molecule has 2 heterocycles. The van der Waals surface area contributed by atoms with Crippen molar-refractivity contribution in [1.29, 1.82) is 0 Å².